The van der Waals surface area contributed by atoms with Crippen LogP contribution >= 0.6 is 35.3 Å². The number of nitrogens with zero attached hydrogens (tertiary/aromatic N) is 3. The van der Waals surface area contributed by atoms with Crippen molar-refractivity contribution in [1.29, 1.82) is 0 Å². The molecule has 4 N–H and O–H groups in total. The zero-order valence-electron chi connectivity index (χ0n) is 19.4. The first-order chi connectivity index (χ1) is 16.8. The second-order valence-electron chi connectivity index (χ2n) is 8.97. The molecule has 2 aliphatic rings. The lowest BCUT2D eigenvalue weighted by Gasteiger charge is -2.37. The van der Waals surface area contributed by atoms with E-state index in [1.54, 1.807) is 24.3 Å². The second-order valence-corrected chi connectivity index (χ2v) is 10.5. The largest absolute Gasteiger partial charge is 0.465 e. The van der Waals surface area contributed by atoms with Gasteiger partial charge in [-0.3, -0.25) is 9.59 Å². The number of likely N-dealkylation sites (N-methyl/N-ethyl adjacent to an activating group) is 1. The van der Waals surface area contributed by atoms with Crippen LogP contribution < -0.4 is 10.6 Å². The Hall–Kier alpha value is -2.86. The summed E-state index contributed by atoms with van der Waals surface area (Å²) in [5.74, 6) is -0.693. The van der Waals surface area contributed by atoms with Gasteiger partial charge in [0, 0.05) is 53.4 Å². The third-order valence-electron chi connectivity index (χ3n) is 6.46. The lowest BCUT2D eigenvalue weighted by atomic mass is 9.99. The number of amides is 3. The highest BCUT2D eigenvalue weighted by molar-refractivity contribution is 7.13. The predicted molar refractivity (Wildman–Crippen MR) is 139 cm³/mol. The van der Waals surface area contributed by atoms with Crippen LogP contribution in [0, 0.1) is 0 Å². The maximum Gasteiger partial charge on any atom is 0.407 e. The average Bonchev–Trinajstić information content (AvgIpc) is 3.43. The number of carbonyl (C=O) groups is 3. The van der Waals surface area contributed by atoms with E-state index in [0.29, 0.717) is 22.1 Å². The molecule has 2 aliphatic heterocycles. The molecule has 0 bridgehead atoms. The Bertz CT molecular complexity index is 1310. The summed E-state index contributed by atoms with van der Waals surface area (Å²) in [6, 6.07) is 5.92. The van der Waals surface area contributed by atoms with Crippen LogP contribution in [-0.4, -0.2) is 81.5 Å². The van der Waals surface area contributed by atoms with Gasteiger partial charge < -0.3 is 30.5 Å². The molecule has 36 heavy (non-hydrogen) atoms. The number of carbonyl (C=O) groups excluding carboxylic acids is 2. The van der Waals surface area contributed by atoms with Crippen molar-refractivity contribution in [1.82, 2.24) is 30.4 Å². The van der Waals surface area contributed by atoms with Gasteiger partial charge in [-0.15, -0.1) is 23.7 Å². The summed E-state index contributed by atoms with van der Waals surface area (Å²) in [6.07, 6.45) is 0.117. The summed E-state index contributed by atoms with van der Waals surface area (Å²) in [5, 5.41) is 17.1. The van der Waals surface area contributed by atoms with E-state index in [1.807, 2.05) is 7.05 Å². The molecule has 3 amide bonds. The van der Waals surface area contributed by atoms with E-state index >= 15 is 0 Å². The molecule has 4 heterocycles. The molecule has 0 aliphatic carbocycles. The number of halogens is 2. The summed E-state index contributed by atoms with van der Waals surface area (Å²) in [6.45, 7) is 2.00. The molecular weight excluding hydrogens is 527 g/mol. The van der Waals surface area contributed by atoms with Gasteiger partial charge in [0.1, 0.15) is 5.69 Å². The van der Waals surface area contributed by atoms with Gasteiger partial charge in [-0.05, 0) is 37.7 Å². The summed E-state index contributed by atoms with van der Waals surface area (Å²) >= 11 is 7.43. The number of hydrogen-bond donors (Lipinski definition) is 4. The zero-order valence-corrected chi connectivity index (χ0v) is 21.8. The van der Waals surface area contributed by atoms with Gasteiger partial charge in [0.2, 0.25) is 0 Å². The van der Waals surface area contributed by atoms with Gasteiger partial charge in [-0.25, -0.2) is 9.78 Å². The van der Waals surface area contributed by atoms with Crippen LogP contribution in [0.4, 0.5) is 4.79 Å². The van der Waals surface area contributed by atoms with Crippen molar-refractivity contribution in [2.75, 3.05) is 26.7 Å². The van der Waals surface area contributed by atoms with Crippen molar-refractivity contribution in [2.45, 2.75) is 31.5 Å². The highest BCUT2D eigenvalue weighted by Gasteiger charge is 2.35. The molecule has 1 saturated heterocycles. The fraction of sp³-hybridized carbons (Fsp3) is 0.391. The number of carboxylic acid groups (broad SMARTS) is 1. The number of piperidine rings is 1. The van der Waals surface area contributed by atoms with Gasteiger partial charge in [0.15, 0.2) is 5.01 Å². The van der Waals surface area contributed by atoms with Gasteiger partial charge in [-0.1, -0.05) is 11.6 Å². The Balaban J connectivity index is 0.00000304. The predicted octanol–water partition coefficient (Wildman–Crippen LogP) is 2.97. The summed E-state index contributed by atoms with van der Waals surface area (Å²) < 4.78 is 0. The summed E-state index contributed by atoms with van der Waals surface area (Å²) in [5.41, 5.74) is 2.05. The topological polar surface area (TPSA) is 131 Å². The molecular formula is C23H26Cl2N6O4S. The number of aromatic amines is 1. The van der Waals surface area contributed by atoms with Crippen LogP contribution in [0.2, 0.25) is 5.02 Å². The minimum Gasteiger partial charge on any atom is -0.465 e. The highest BCUT2D eigenvalue weighted by Crippen LogP contribution is 2.25. The maximum atomic E-state index is 13.0. The summed E-state index contributed by atoms with van der Waals surface area (Å²) in [7, 11) is 2.04. The first-order valence-corrected chi connectivity index (χ1v) is 12.5. The smallest absolute Gasteiger partial charge is 0.407 e. The van der Waals surface area contributed by atoms with Crippen molar-refractivity contribution in [3.8, 4) is 0 Å². The quantitative estimate of drug-likeness (QED) is 0.393. The number of thiazole rings is 1. The molecule has 0 unspecified atom stereocenters. The maximum absolute atomic E-state index is 13.0. The normalized spacial score (nSPS) is 19.9. The number of aromatic nitrogens is 2. The van der Waals surface area contributed by atoms with Crippen molar-refractivity contribution >= 4 is 64.2 Å². The number of hydrogen-bond acceptors (Lipinski definition) is 6. The van der Waals surface area contributed by atoms with Gasteiger partial charge in [0.25, 0.3) is 11.8 Å². The van der Waals surface area contributed by atoms with E-state index in [4.69, 9.17) is 11.6 Å². The van der Waals surface area contributed by atoms with Crippen LogP contribution in [0.25, 0.3) is 10.9 Å². The molecule has 5 rings (SSSR count). The molecule has 1 aromatic carbocycles. The molecule has 1 fully saturated rings. The molecule has 2 atom stereocenters. The molecule has 13 heteroatoms. The van der Waals surface area contributed by atoms with E-state index in [9.17, 15) is 19.5 Å². The Morgan fingerprint density at radius 3 is 2.72 bits per heavy atom. The number of H-pyrrole nitrogens is 1. The van der Waals surface area contributed by atoms with Crippen LogP contribution in [0.5, 0.6) is 0 Å². The van der Waals surface area contributed by atoms with Gasteiger partial charge in [-0.2, -0.15) is 0 Å². The molecule has 0 saturated carbocycles. The molecule has 3 aromatic rings. The van der Waals surface area contributed by atoms with E-state index < -0.39 is 18.2 Å². The van der Waals surface area contributed by atoms with Crippen molar-refractivity contribution in [3.05, 3.63) is 50.6 Å². The first kappa shape index (κ1) is 26.2. The Kier molecular flexibility index (Phi) is 7.74. The number of rotatable bonds is 4. The Labute approximate surface area is 222 Å². The van der Waals surface area contributed by atoms with Crippen LogP contribution in [-0.2, 0) is 13.0 Å². The van der Waals surface area contributed by atoms with Crippen LogP contribution in [0.15, 0.2) is 24.3 Å². The zero-order chi connectivity index (χ0) is 24.7. The molecule has 0 radical (unpaired) electrons. The average molecular weight is 553 g/mol. The molecule has 192 valence electrons. The molecule has 2 aromatic heterocycles. The van der Waals surface area contributed by atoms with Crippen molar-refractivity contribution in [2.24, 2.45) is 0 Å². The minimum absolute atomic E-state index is 0. The second kappa shape index (κ2) is 10.6. The van der Waals surface area contributed by atoms with Crippen molar-refractivity contribution < 1.29 is 19.5 Å². The van der Waals surface area contributed by atoms with Gasteiger partial charge >= 0.3 is 6.09 Å². The highest BCUT2D eigenvalue weighted by atomic mass is 35.5. The third-order valence-corrected chi connectivity index (χ3v) is 7.78. The van der Waals surface area contributed by atoms with E-state index in [2.05, 4.69) is 25.5 Å². The fourth-order valence-electron chi connectivity index (χ4n) is 4.57. The van der Waals surface area contributed by atoms with Gasteiger partial charge in [0.05, 0.1) is 17.8 Å². The van der Waals surface area contributed by atoms with Crippen molar-refractivity contribution in [3.63, 3.8) is 0 Å². The monoisotopic (exact) mass is 552 g/mol. The standard InChI is InChI=1S/C23H25ClN6O4S.ClH/c1-29-6-4-16-19(11-29)35-22(28-16)21(32)26-15-5-7-30(23(33)34)10-18(15)27-20(31)17-9-12-8-13(24)2-3-14(12)25-17;/h2-3,8-9,15,18,25H,4-7,10-11H2,1H3,(H,26,32)(H,27,31)(H,33,34);1H/t15-,18+;/m0./s1. The number of likely N-dealkylation sites (tertiary alicyclic amines) is 1. The Morgan fingerprint density at radius 2 is 1.94 bits per heavy atom. The number of fused-ring (bicyclic) bond motifs is 2. The minimum atomic E-state index is -1.06. The third kappa shape index (κ3) is 5.44. The summed E-state index contributed by atoms with van der Waals surface area (Å²) in [4.78, 5) is 49.8. The lowest BCUT2D eigenvalue weighted by Crippen LogP contribution is -2.61. The van der Waals surface area contributed by atoms with Crippen LogP contribution in [0.3, 0.4) is 0 Å². The Morgan fingerprint density at radius 1 is 1.17 bits per heavy atom. The molecule has 0 spiro atoms. The fourth-order valence-corrected chi connectivity index (χ4v) is 5.84. The van der Waals surface area contributed by atoms with E-state index in [0.717, 1.165) is 41.0 Å². The number of benzene rings is 1. The molecule has 10 nitrogen and oxygen atoms in total. The number of nitrogens with one attached hydrogen (secondary N) is 3. The van der Waals surface area contributed by atoms with E-state index in [-0.39, 0.29) is 37.3 Å². The lowest BCUT2D eigenvalue weighted by molar-refractivity contribution is 0.0792. The van der Waals surface area contributed by atoms with E-state index in [1.165, 1.54) is 16.2 Å². The first-order valence-electron chi connectivity index (χ1n) is 11.3. The SMILES string of the molecule is CN1CCc2nc(C(=O)N[C@H]3CCN(C(=O)O)C[C@H]3NC(=O)c3cc4cc(Cl)ccc4[nH]3)sc2C1.Cl. The van der Waals surface area contributed by atoms with Crippen LogP contribution in [0.1, 0.15) is 37.3 Å².